The van der Waals surface area contributed by atoms with Crippen molar-refractivity contribution < 1.29 is 39.7 Å². The molecule has 4 rings (SSSR count). The van der Waals surface area contributed by atoms with Gasteiger partial charge in [-0.05, 0) is 23.6 Å². The van der Waals surface area contributed by atoms with Crippen LogP contribution in [0.1, 0.15) is 10.4 Å². The second-order valence-corrected chi connectivity index (χ2v) is 5.65. The molecular formula is C17H13NO8. The van der Waals surface area contributed by atoms with Gasteiger partial charge in [0.2, 0.25) is 6.79 Å². The lowest BCUT2D eigenvalue weighted by Gasteiger charge is -2.19. The summed E-state index contributed by atoms with van der Waals surface area (Å²) in [7, 11) is 1.37. The normalized spacial score (nSPS) is 14.0. The number of phenols is 1. The summed E-state index contributed by atoms with van der Waals surface area (Å²) in [6.45, 7) is -0.117. The van der Waals surface area contributed by atoms with Crippen molar-refractivity contribution in [1.29, 1.82) is 0 Å². The summed E-state index contributed by atoms with van der Waals surface area (Å²) in [5.74, 6) is -0.941. The van der Waals surface area contributed by atoms with E-state index in [0.717, 1.165) is 0 Å². The molecule has 26 heavy (non-hydrogen) atoms. The second kappa shape index (κ2) is 5.63. The lowest BCUT2D eigenvalue weighted by Crippen LogP contribution is -2.99. The van der Waals surface area contributed by atoms with Crippen molar-refractivity contribution in [3.8, 4) is 23.0 Å². The van der Waals surface area contributed by atoms with Crippen molar-refractivity contribution >= 4 is 33.2 Å². The Morgan fingerprint density at radius 3 is 2.65 bits per heavy atom. The highest BCUT2D eigenvalue weighted by Gasteiger charge is 2.29. The largest absolute Gasteiger partial charge is 0.595 e. The highest BCUT2D eigenvalue weighted by molar-refractivity contribution is 6.22. The smallest absolute Gasteiger partial charge is 0.336 e. The highest BCUT2D eigenvalue weighted by atomic mass is 16.8. The standard InChI is InChI=1S/C17H13NO8/c1-24-11-3-2-7-8(15(11)19)4-10(18(22)23)13-9(17(20)21)5-12-16(14(7)13)26-6-25-12/h2-5,18-19,22H,6H2,1H3,(H,20,21). The van der Waals surface area contributed by atoms with E-state index >= 15 is 0 Å². The van der Waals surface area contributed by atoms with E-state index in [-0.39, 0.29) is 57.2 Å². The number of aromatic hydroxyl groups is 1. The summed E-state index contributed by atoms with van der Waals surface area (Å²) >= 11 is 0. The van der Waals surface area contributed by atoms with Crippen molar-refractivity contribution in [2.45, 2.75) is 0 Å². The van der Waals surface area contributed by atoms with Crippen molar-refractivity contribution in [2.75, 3.05) is 13.9 Å². The number of benzene rings is 3. The third-order valence-electron chi connectivity index (χ3n) is 4.35. The molecule has 0 saturated heterocycles. The zero-order valence-corrected chi connectivity index (χ0v) is 13.4. The number of phenolic OH excluding ortho intramolecular Hbond substituents is 1. The first kappa shape index (κ1) is 16.2. The van der Waals surface area contributed by atoms with E-state index in [1.54, 1.807) is 6.07 Å². The maximum Gasteiger partial charge on any atom is 0.336 e. The van der Waals surface area contributed by atoms with Gasteiger partial charge in [-0.15, -0.1) is 0 Å². The number of methoxy groups -OCH3 is 1. The molecule has 0 saturated carbocycles. The SMILES string of the molecule is COc1ccc2c(cc([NH+]([O-])O)c3c(C(=O)O)cc4c(c32)OCO4)c1O. The Balaban J connectivity index is 2.30. The molecule has 3 aromatic rings. The average Bonchev–Trinajstić information content (AvgIpc) is 3.08. The van der Waals surface area contributed by atoms with Gasteiger partial charge in [0.25, 0.3) is 0 Å². The molecule has 9 nitrogen and oxygen atoms in total. The van der Waals surface area contributed by atoms with E-state index in [1.165, 1.54) is 25.3 Å². The minimum Gasteiger partial charge on any atom is -0.595 e. The fraction of sp³-hybridized carbons (Fsp3) is 0.118. The number of quaternary nitrogens is 1. The van der Waals surface area contributed by atoms with Crippen LogP contribution in [0.2, 0.25) is 0 Å². The van der Waals surface area contributed by atoms with Crippen molar-refractivity contribution in [3.63, 3.8) is 0 Å². The zero-order valence-electron chi connectivity index (χ0n) is 13.4. The number of carboxylic acid groups (broad SMARTS) is 1. The summed E-state index contributed by atoms with van der Waals surface area (Å²) in [5, 5.41) is 41.0. The Hall–Kier alpha value is -3.27. The van der Waals surface area contributed by atoms with E-state index in [1.807, 2.05) is 0 Å². The van der Waals surface area contributed by atoms with E-state index in [4.69, 9.17) is 14.2 Å². The van der Waals surface area contributed by atoms with Crippen molar-refractivity contribution in [3.05, 3.63) is 35.0 Å². The summed E-state index contributed by atoms with van der Waals surface area (Å²) in [6, 6.07) is 5.59. The molecular weight excluding hydrogens is 346 g/mol. The maximum atomic E-state index is 11.8. The lowest BCUT2D eigenvalue weighted by molar-refractivity contribution is -0.990. The van der Waals surface area contributed by atoms with Gasteiger partial charge in [0.05, 0.1) is 18.1 Å². The molecule has 1 unspecified atom stereocenters. The number of hydrogen-bond donors (Lipinski definition) is 4. The molecule has 1 heterocycles. The van der Waals surface area contributed by atoms with Crippen LogP contribution in [0.15, 0.2) is 24.3 Å². The van der Waals surface area contributed by atoms with E-state index < -0.39 is 11.2 Å². The van der Waals surface area contributed by atoms with Crippen LogP contribution in [-0.4, -0.2) is 35.3 Å². The molecule has 1 atom stereocenters. The molecule has 0 bridgehead atoms. The van der Waals surface area contributed by atoms with E-state index in [0.29, 0.717) is 5.39 Å². The van der Waals surface area contributed by atoms with Crippen LogP contribution in [-0.2, 0) is 0 Å². The molecule has 0 aromatic heterocycles. The van der Waals surface area contributed by atoms with Crippen LogP contribution in [0.4, 0.5) is 5.69 Å². The van der Waals surface area contributed by atoms with E-state index in [2.05, 4.69) is 0 Å². The first-order valence-electron chi connectivity index (χ1n) is 7.49. The van der Waals surface area contributed by atoms with Crippen LogP contribution in [0.25, 0.3) is 21.5 Å². The van der Waals surface area contributed by atoms with Crippen molar-refractivity contribution in [2.24, 2.45) is 0 Å². The van der Waals surface area contributed by atoms with Crippen LogP contribution < -0.4 is 19.4 Å². The third kappa shape index (κ3) is 2.12. The van der Waals surface area contributed by atoms with Gasteiger partial charge in [0, 0.05) is 16.8 Å². The molecule has 4 N–H and O–H groups in total. The van der Waals surface area contributed by atoms with Gasteiger partial charge in [-0.3, -0.25) is 0 Å². The second-order valence-electron chi connectivity index (χ2n) is 5.65. The molecule has 0 aliphatic carbocycles. The first-order valence-corrected chi connectivity index (χ1v) is 7.49. The Morgan fingerprint density at radius 1 is 1.23 bits per heavy atom. The van der Waals surface area contributed by atoms with Crippen LogP contribution in [0.3, 0.4) is 0 Å². The minimum absolute atomic E-state index is 0.00585. The Labute approximate surface area is 145 Å². The molecule has 1 aliphatic heterocycles. The average molecular weight is 359 g/mol. The topological polar surface area (TPSA) is 133 Å². The fourth-order valence-electron chi connectivity index (χ4n) is 3.25. The van der Waals surface area contributed by atoms with Gasteiger partial charge >= 0.3 is 5.97 Å². The summed E-state index contributed by atoms with van der Waals surface area (Å²) in [6.07, 6.45) is 0. The summed E-state index contributed by atoms with van der Waals surface area (Å²) in [4.78, 5) is 11.7. The third-order valence-corrected chi connectivity index (χ3v) is 4.35. The molecule has 0 amide bonds. The Kier molecular flexibility index (Phi) is 3.51. The monoisotopic (exact) mass is 359 g/mol. The number of carbonyl (C=O) groups is 1. The fourth-order valence-corrected chi connectivity index (χ4v) is 3.25. The van der Waals surface area contributed by atoms with Crippen LogP contribution in [0.5, 0.6) is 23.0 Å². The molecule has 0 spiro atoms. The van der Waals surface area contributed by atoms with Gasteiger partial charge in [-0.2, -0.15) is 5.23 Å². The molecule has 134 valence electrons. The molecule has 9 heteroatoms. The number of rotatable bonds is 3. The first-order chi connectivity index (χ1) is 12.4. The Bertz CT molecular complexity index is 1080. The predicted molar refractivity (Wildman–Crippen MR) is 88.5 cm³/mol. The van der Waals surface area contributed by atoms with Gasteiger partial charge in [-0.1, -0.05) is 0 Å². The van der Waals surface area contributed by atoms with Crippen LogP contribution in [0, 0.1) is 5.21 Å². The number of fused-ring (bicyclic) bond motifs is 5. The lowest BCUT2D eigenvalue weighted by atomic mass is 9.94. The maximum absolute atomic E-state index is 11.8. The number of carboxylic acids is 1. The zero-order chi connectivity index (χ0) is 18.6. The molecule has 0 fully saturated rings. The quantitative estimate of drug-likeness (QED) is 0.409. The Morgan fingerprint density at radius 2 is 2.00 bits per heavy atom. The highest BCUT2D eigenvalue weighted by Crippen LogP contribution is 2.48. The van der Waals surface area contributed by atoms with Gasteiger partial charge in [0.1, 0.15) is 0 Å². The van der Waals surface area contributed by atoms with Crippen molar-refractivity contribution in [1.82, 2.24) is 0 Å². The van der Waals surface area contributed by atoms with Gasteiger partial charge < -0.3 is 29.6 Å². The summed E-state index contributed by atoms with van der Waals surface area (Å²) in [5.41, 5.74) is -0.495. The van der Waals surface area contributed by atoms with Gasteiger partial charge in [-0.25, -0.2) is 10.0 Å². The predicted octanol–water partition coefficient (Wildman–Crippen LogP) is 1.54. The number of ether oxygens (including phenoxy) is 3. The molecule has 0 radical (unpaired) electrons. The molecule has 3 aromatic carbocycles. The minimum atomic E-state index is -1.33. The van der Waals surface area contributed by atoms with E-state index in [9.17, 15) is 25.4 Å². The number of nitrogens with one attached hydrogen (secondary N) is 1. The van der Waals surface area contributed by atoms with Gasteiger partial charge in [0.15, 0.2) is 28.7 Å². The summed E-state index contributed by atoms with van der Waals surface area (Å²) < 4.78 is 15.8. The van der Waals surface area contributed by atoms with Crippen LogP contribution >= 0.6 is 0 Å². The molecule has 1 aliphatic rings. The number of aromatic carboxylic acids is 1. The number of hydrogen-bond acceptors (Lipinski definition) is 7.